The molecule has 0 aliphatic carbocycles. The molecule has 1 saturated heterocycles. The lowest BCUT2D eigenvalue weighted by Crippen LogP contribution is -2.46. The van der Waals surface area contributed by atoms with Crippen LogP contribution in [-0.4, -0.2) is 43.1 Å². The molecule has 0 aromatic carbocycles. The van der Waals surface area contributed by atoms with Crippen LogP contribution in [0.25, 0.3) is 0 Å². The van der Waals surface area contributed by atoms with Crippen LogP contribution in [-0.2, 0) is 4.74 Å². The molecule has 0 bridgehead atoms. The summed E-state index contributed by atoms with van der Waals surface area (Å²) in [5.74, 6) is 0.609. The summed E-state index contributed by atoms with van der Waals surface area (Å²) in [5.41, 5.74) is 0. The first kappa shape index (κ1) is 12.3. The number of halogens is 1. The molecule has 84 valence electrons. The Labute approximate surface area is 92.6 Å². The van der Waals surface area contributed by atoms with E-state index in [1.807, 2.05) is 0 Å². The van der Waals surface area contributed by atoms with E-state index in [1.165, 1.54) is 6.42 Å². The van der Waals surface area contributed by atoms with Gasteiger partial charge in [-0.05, 0) is 32.4 Å². The van der Waals surface area contributed by atoms with Gasteiger partial charge in [-0.3, -0.25) is 4.90 Å². The van der Waals surface area contributed by atoms with Crippen LogP contribution in [0.1, 0.15) is 26.7 Å². The molecular formula is C11H22ClNO. The lowest BCUT2D eigenvalue weighted by atomic mass is 10.0. The minimum absolute atomic E-state index is 0.265. The van der Waals surface area contributed by atoms with E-state index >= 15 is 0 Å². The summed E-state index contributed by atoms with van der Waals surface area (Å²) in [6, 6.07) is 0.407. The van der Waals surface area contributed by atoms with Crippen LogP contribution >= 0.6 is 11.6 Å². The number of piperidine rings is 1. The molecule has 1 heterocycles. The zero-order valence-electron chi connectivity index (χ0n) is 9.50. The summed E-state index contributed by atoms with van der Waals surface area (Å²) >= 11 is 6.27. The standard InChI is InChI=1S/C11H22ClNO/c1-9(2)7-14-8-11-10(12)5-4-6-13(11)3/h9-11H,4-8H2,1-3H3. The molecule has 14 heavy (non-hydrogen) atoms. The minimum atomic E-state index is 0.265. The molecule has 0 N–H and O–H groups in total. The van der Waals surface area contributed by atoms with Crippen molar-refractivity contribution in [2.24, 2.45) is 5.92 Å². The maximum Gasteiger partial charge on any atom is 0.0636 e. The minimum Gasteiger partial charge on any atom is -0.380 e. The Bertz CT molecular complexity index is 153. The first-order chi connectivity index (χ1) is 6.61. The fraction of sp³-hybridized carbons (Fsp3) is 1.00. The molecule has 0 radical (unpaired) electrons. The maximum absolute atomic E-state index is 6.27. The van der Waals surface area contributed by atoms with E-state index in [4.69, 9.17) is 16.3 Å². The number of ether oxygens (including phenoxy) is 1. The Hall–Kier alpha value is 0.210. The van der Waals surface area contributed by atoms with Gasteiger partial charge in [-0.25, -0.2) is 0 Å². The zero-order chi connectivity index (χ0) is 10.6. The highest BCUT2D eigenvalue weighted by atomic mass is 35.5. The van der Waals surface area contributed by atoms with Crippen molar-refractivity contribution in [1.82, 2.24) is 4.90 Å². The molecule has 1 rings (SSSR count). The van der Waals surface area contributed by atoms with Crippen molar-refractivity contribution in [2.75, 3.05) is 26.8 Å². The van der Waals surface area contributed by atoms with E-state index in [9.17, 15) is 0 Å². The summed E-state index contributed by atoms with van der Waals surface area (Å²) in [4.78, 5) is 2.32. The Morgan fingerprint density at radius 2 is 2.21 bits per heavy atom. The molecule has 0 aromatic heterocycles. The number of rotatable bonds is 4. The molecule has 2 unspecified atom stereocenters. The van der Waals surface area contributed by atoms with Crippen LogP contribution in [0.5, 0.6) is 0 Å². The van der Waals surface area contributed by atoms with Crippen LogP contribution in [0.3, 0.4) is 0 Å². The fourth-order valence-corrected chi connectivity index (χ4v) is 2.25. The predicted octanol–water partition coefficient (Wildman–Crippen LogP) is 2.36. The van der Waals surface area contributed by atoms with Crippen LogP contribution < -0.4 is 0 Å². The van der Waals surface area contributed by atoms with Gasteiger partial charge in [0.05, 0.1) is 12.0 Å². The third kappa shape index (κ3) is 3.76. The molecule has 0 aromatic rings. The van der Waals surface area contributed by atoms with E-state index < -0.39 is 0 Å². The zero-order valence-corrected chi connectivity index (χ0v) is 10.3. The summed E-state index contributed by atoms with van der Waals surface area (Å²) < 4.78 is 5.65. The van der Waals surface area contributed by atoms with E-state index in [2.05, 4.69) is 25.8 Å². The Morgan fingerprint density at radius 3 is 2.79 bits per heavy atom. The normalized spacial score (nSPS) is 29.8. The van der Waals surface area contributed by atoms with E-state index in [0.29, 0.717) is 12.0 Å². The van der Waals surface area contributed by atoms with Gasteiger partial charge in [0.2, 0.25) is 0 Å². The average molecular weight is 220 g/mol. The van der Waals surface area contributed by atoms with Gasteiger partial charge in [-0.2, -0.15) is 0 Å². The number of hydrogen-bond acceptors (Lipinski definition) is 2. The van der Waals surface area contributed by atoms with Crippen molar-refractivity contribution in [2.45, 2.75) is 38.1 Å². The number of likely N-dealkylation sites (N-methyl/N-ethyl adjacent to an activating group) is 1. The molecule has 3 heteroatoms. The van der Waals surface area contributed by atoms with Gasteiger partial charge < -0.3 is 4.74 Å². The van der Waals surface area contributed by atoms with Gasteiger partial charge in [-0.15, -0.1) is 11.6 Å². The monoisotopic (exact) mass is 219 g/mol. The molecule has 1 fully saturated rings. The van der Waals surface area contributed by atoms with Crippen LogP contribution in [0.15, 0.2) is 0 Å². The second-order valence-electron chi connectivity index (χ2n) is 4.64. The van der Waals surface area contributed by atoms with Crippen molar-refractivity contribution in [3.63, 3.8) is 0 Å². The third-order valence-electron chi connectivity index (χ3n) is 2.71. The summed E-state index contributed by atoms with van der Waals surface area (Å²) in [6.07, 6.45) is 2.34. The third-order valence-corrected chi connectivity index (χ3v) is 3.22. The summed E-state index contributed by atoms with van der Waals surface area (Å²) in [5, 5.41) is 0.265. The molecule has 2 atom stereocenters. The Morgan fingerprint density at radius 1 is 1.50 bits per heavy atom. The highest BCUT2D eigenvalue weighted by Gasteiger charge is 2.27. The topological polar surface area (TPSA) is 12.5 Å². The van der Waals surface area contributed by atoms with E-state index in [1.54, 1.807) is 0 Å². The van der Waals surface area contributed by atoms with Gasteiger partial charge in [-0.1, -0.05) is 13.8 Å². The summed E-state index contributed by atoms with van der Waals surface area (Å²) in [7, 11) is 2.14. The van der Waals surface area contributed by atoms with Crippen molar-refractivity contribution in [3.05, 3.63) is 0 Å². The van der Waals surface area contributed by atoms with Crippen LogP contribution in [0.4, 0.5) is 0 Å². The quantitative estimate of drug-likeness (QED) is 0.674. The Kier molecular flexibility index (Phi) is 5.21. The Balaban J connectivity index is 2.26. The van der Waals surface area contributed by atoms with Crippen LogP contribution in [0.2, 0.25) is 0 Å². The van der Waals surface area contributed by atoms with Gasteiger partial charge in [0.15, 0.2) is 0 Å². The molecule has 0 spiro atoms. The molecule has 0 saturated carbocycles. The molecule has 1 aliphatic heterocycles. The number of likely N-dealkylation sites (tertiary alicyclic amines) is 1. The second-order valence-corrected chi connectivity index (χ2v) is 5.20. The fourth-order valence-electron chi connectivity index (χ4n) is 1.83. The van der Waals surface area contributed by atoms with Crippen molar-refractivity contribution < 1.29 is 4.74 Å². The number of hydrogen-bond donors (Lipinski definition) is 0. The van der Waals surface area contributed by atoms with Crippen LogP contribution in [0, 0.1) is 5.92 Å². The van der Waals surface area contributed by atoms with Crippen molar-refractivity contribution >= 4 is 11.6 Å². The number of nitrogens with zero attached hydrogens (tertiary/aromatic N) is 1. The van der Waals surface area contributed by atoms with E-state index in [0.717, 1.165) is 26.2 Å². The molecular weight excluding hydrogens is 198 g/mol. The maximum atomic E-state index is 6.27. The number of alkyl halides is 1. The second kappa shape index (κ2) is 5.94. The first-order valence-electron chi connectivity index (χ1n) is 5.53. The van der Waals surface area contributed by atoms with Gasteiger partial charge >= 0.3 is 0 Å². The largest absolute Gasteiger partial charge is 0.380 e. The highest BCUT2D eigenvalue weighted by molar-refractivity contribution is 6.21. The van der Waals surface area contributed by atoms with Gasteiger partial charge in [0.1, 0.15) is 0 Å². The van der Waals surface area contributed by atoms with Gasteiger partial charge in [0, 0.05) is 12.6 Å². The molecule has 1 aliphatic rings. The van der Waals surface area contributed by atoms with Crippen molar-refractivity contribution in [1.29, 1.82) is 0 Å². The highest BCUT2D eigenvalue weighted by Crippen LogP contribution is 2.21. The molecule has 0 amide bonds. The lowest BCUT2D eigenvalue weighted by molar-refractivity contribution is 0.0428. The summed E-state index contributed by atoms with van der Waals surface area (Å²) in [6.45, 7) is 7.11. The van der Waals surface area contributed by atoms with Gasteiger partial charge in [0.25, 0.3) is 0 Å². The van der Waals surface area contributed by atoms with Crippen molar-refractivity contribution in [3.8, 4) is 0 Å². The molecule has 2 nitrogen and oxygen atoms in total. The smallest absolute Gasteiger partial charge is 0.0636 e. The predicted molar refractivity (Wildman–Crippen MR) is 61.0 cm³/mol. The lowest BCUT2D eigenvalue weighted by Gasteiger charge is -2.36. The first-order valence-corrected chi connectivity index (χ1v) is 5.97. The SMILES string of the molecule is CC(C)COCC1C(Cl)CCCN1C. The average Bonchev–Trinajstić information content (AvgIpc) is 2.09. The van der Waals surface area contributed by atoms with E-state index in [-0.39, 0.29) is 5.38 Å².